The summed E-state index contributed by atoms with van der Waals surface area (Å²) >= 11 is 6.27. The lowest BCUT2D eigenvalue weighted by Gasteiger charge is -2.11. The summed E-state index contributed by atoms with van der Waals surface area (Å²) in [6.07, 6.45) is 6.93. The molecule has 2 aromatic rings. The minimum absolute atomic E-state index is 0.339. The predicted octanol–water partition coefficient (Wildman–Crippen LogP) is 6.51. The fourth-order valence-electron chi connectivity index (χ4n) is 2.57. The smallest absolute Gasteiger partial charge is 0.337 e. The quantitative estimate of drug-likeness (QED) is 0.452. The molecular weight excluding hydrogens is 332 g/mol. The molecule has 25 heavy (non-hydrogen) atoms. The second kappa shape index (κ2) is 8.68. The third-order valence-electron chi connectivity index (χ3n) is 4.14. The maximum atomic E-state index is 11.9. The van der Waals surface area contributed by atoms with Crippen molar-refractivity contribution in [3.8, 4) is 0 Å². The Morgan fingerprint density at radius 2 is 1.96 bits per heavy atom. The Bertz CT molecular complexity index is 873. The minimum Gasteiger partial charge on any atom is -0.465 e. The number of hydrogen-bond acceptors (Lipinski definition) is 2. The van der Waals surface area contributed by atoms with Crippen LogP contribution in [0, 0.1) is 0 Å². The molecule has 0 atom stereocenters. The van der Waals surface area contributed by atoms with E-state index in [2.05, 4.69) is 26.0 Å². The van der Waals surface area contributed by atoms with Gasteiger partial charge in [-0.05, 0) is 60.4 Å². The van der Waals surface area contributed by atoms with Crippen LogP contribution < -0.4 is 0 Å². The van der Waals surface area contributed by atoms with Crippen LogP contribution >= 0.6 is 11.6 Å². The zero-order chi connectivity index (χ0) is 18.4. The van der Waals surface area contributed by atoms with Gasteiger partial charge < -0.3 is 4.74 Å². The van der Waals surface area contributed by atoms with Crippen molar-refractivity contribution < 1.29 is 9.53 Å². The first-order valence-corrected chi connectivity index (χ1v) is 8.70. The third kappa shape index (κ3) is 4.61. The van der Waals surface area contributed by atoms with Crippen LogP contribution in [0.5, 0.6) is 0 Å². The predicted molar refractivity (Wildman–Crippen MR) is 107 cm³/mol. The summed E-state index contributed by atoms with van der Waals surface area (Å²) in [6.45, 7) is 6.13. The van der Waals surface area contributed by atoms with Gasteiger partial charge in [-0.1, -0.05) is 60.5 Å². The molecule has 0 amide bonds. The molecule has 0 aromatic heterocycles. The molecule has 0 aliphatic carbocycles. The number of allylic oxidation sites excluding steroid dienone is 6. The number of hydrogen-bond donors (Lipinski definition) is 0. The maximum Gasteiger partial charge on any atom is 0.337 e. The summed E-state index contributed by atoms with van der Waals surface area (Å²) in [5.74, 6) is -0.339. The molecule has 0 spiro atoms. The Hall–Kier alpha value is -2.32. The number of esters is 1. The van der Waals surface area contributed by atoms with Crippen LogP contribution in [0.15, 0.2) is 65.2 Å². The summed E-state index contributed by atoms with van der Waals surface area (Å²) in [5, 5.41) is 2.74. The maximum absolute atomic E-state index is 11.9. The molecular formula is C22H23ClO2. The largest absolute Gasteiger partial charge is 0.465 e. The number of ether oxygens (including phenoxy) is 1. The van der Waals surface area contributed by atoms with E-state index >= 15 is 0 Å². The normalized spacial score (nSPS) is 13.2. The van der Waals surface area contributed by atoms with Crippen molar-refractivity contribution >= 4 is 33.9 Å². The molecule has 0 bridgehead atoms. The minimum atomic E-state index is -0.339. The number of halogens is 1. The summed E-state index contributed by atoms with van der Waals surface area (Å²) in [5.41, 5.74) is 3.86. The van der Waals surface area contributed by atoms with Gasteiger partial charge in [0.2, 0.25) is 0 Å². The molecule has 130 valence electrons. The number of methoxy groups -OCH3 is 1. The van der Waals surface area contributed by atoms with Crippen LogP contribution in [-0.2, 0) is 4.74 Å². The van der Waals surface area contributed by atoms with Gasteiger partial charge in [0.05, 0.1) is 12.7 Å². The monoisotopic (exact) mass is 354 g/mol. The lowest BCUT2D eigenvalue weighted by molar-refractivity contribution is 0.0601. The Labute approximate surface area is 154 Å². The van der Waals surface area contributed by atoms with E-state index in [1.807, 2.05) is 43.3 Å². The first kappa shape index (κ1) is 19.0. The van der Waals surface area contributed by atoms with E-state index in [-0.39, 0.29) is 5.97 Å². The highest BCUT2D eigenvalue weighted by atomic mass is 35.5. The molecule has 0 aliphatic heterocycles. The second-order valence-corrected chi connectivity index (χ2v) is 6.29. The molecule has 2 aromatic carbocycles. The van der Waals surface area contributed by atoms with E-state index in [0.29, 0.717) is 10.6 Å². The van der Waals surface area contributed by atoms with Crippen molar-refractivity contribution in [1.29, 1.82) is 0 Å². The molecule has 0 saturated heterocycles. The molecule has 0 radical (unpaired) electrons. The summed E-state index contributed by atoms with van der Waals surface area (Å²) in [4.78, 5) is 11.9. The van der Waals surface area contributed by atoms with Crippen LogP contribution in [-0.4, -0.2) is 13.1 Å². The van der Waals surface area contributed by atoms with Gasteiger partial charge in [-0.15, -0.1) is 0 Å². The number of fused-ring (bicyclic) bond motifs is 1. The van der Waals surface area contributed by atoms with Crippen molar-refractivity contribution in [3.63, 3.8) is 0 Å². The van der Waals surface area contributed by atoms with Gasteiger partial charge in [-0.25, -0.2) is 4.79 Å². The summed E-state index contributed by atoms with van der Waals surface area (Å²) < 4.78 is 4.85. The standard InChI is InChI=1S/C22H23ClO2/c1-5-15(3)12-18(13-19(23)6-2)20-9-7-8-16-10-11-17(14-21(16)20)22(24)25-4/h6-14H,5H2,1-4H3/b15-12+,18-13+,19-6+. The van der Waals surface area contributed by atoms with E-state index in [1.54, 1.807) is 6.07 Å². The van der Waals surface area contributed by atoms with Crippen molar-refractivity contribution in [3.05, 3.63) is 76.4 Å². The number of carbonyl (C=O) groups excluding carboxylic acids is 1. The van der Waals surface area contributed by atoms with Gasteiger partial charge in [0.15, 0.2) is 0 Å². The molecule has 0 unspecified atom stereocenters. The number of carbonyl (C=O) groups is 1. The zero-order valence-electron chi connectivity index (χ0n) is 15.1. The van der Waals surface area contributed by atoms with Gasteiger partial charge in [-0.3, -0.25) is 0 Å². The van der Waals surface area contributed by atoms with Crippen LogP contribution in [0.25, 0.3) is 16.3 Å². The Morgan fingerprint density at radius 3 is 2.60 bits per heavy atom. The number of benzene rings is 2. The molecule has 0 fully saturated rings. The van der Waals surface area contributed by atoms with Gasteiger partial charge in [0.25, 0.3) is 0 Å². The first-order chi connectivity index (χ1) is 12.0. The van der Waals surface area contributed by atoms with Crippen molar-refractivity contribution in [2.45, 2.75) is 27.2 Å². The van der Waals surface area contributed by atoms with E-state index in [4.69, 9.17) is 16.3 Å². The highest BCUT2D eigenvalue weighted by Gasteiger charge is 2.10. The lowest BCUT2D eigenvalue weighted by Crippen LogP contribution is -2.01. The average Bonchev–Trinajstić information content (AvgIpc) is 2.65. The van der Waals surface area contributed by atoms with Gasteiger partial charge in [-0.2, -0.15) is 0 Å². The van der Waals surface area contributed by atoms with Gasteiger partial charge >= 0.3 is 5.97 Å². The molecule has 3 heteroatoms. The van der Waals surface area contributed by atoms with Crippen molar-refractivity contribution in [2.24, 2.45) is 0 Å². The molecule has 0 saturated carbocycles. The van der Waals surface area contributed by atoms with E-state index in [9.17, 15) is 4.79 Å². The van der Waals surface area contributed by atoms with Crippen LogP contribution in [0.3, 0.4) is 0 Å². The van der Waals surface area contributed by atoms with Crippen molar-refractivity contribution in [2.75, 3.05) is 7.11 Å². The van der Waals surface area contributed by atoms with Crippen molar-refractivity contribution in [1.82, 2.24) is 0 Å². The van der Waals surface area contributed by atoms with Crippen LogP contribution in [0.1, 0.15) is 43.1 Å². The van der Waals surface area contributed by atoms with Crippen LogP contribution in [0.4, 0.5) is 0 Å². The fourth-order valence-corrected chi connectivity index (χ4v) is 2.68. The Balaban J connectivity index is 2.74. The molecule has 0 heterocycles. The second-order valence-electron chi connectivity index (χ2n) is 5.85. The molecule has 2 nitrogen and oxygen atoms in total. The number of rotatable bonds is 5. The zero-order valence-corrected chi connectivity index (χ0v) is 15.9. The summed E-state index contributed by atoms with van der Waals surface area (Å²) in [6, 6.07) is 11.7. The van der Waals surface area contributed by atoms with E-state index in [1.165, 1.54) is 12.7 Å². The molecule has 0 N–H and O–H groups in total. The Morgan fingerprint density at radius 1 is 1.20 bits per heavy atom. The van der Waals surface area contributed by atoms with Crippen LogP contribution in [0.2, 0.25) is 0 Å². The van der Waals surface area contributed by atoms with Gasteiger partial charge in [0, 0.05) is 5.03 Å². The lowest BCUT2D eigenvalue weighted by atomic mass is 9.94. The summed E-state index contributed by atoms with van der Waals surface area (Å²) in [7, 11) is 1.39. The van der Waals surface area contributed by atoms with E-state index in [0.717, 1.165) is 28.3 Å². The molecule has 2 rings (SSSR count). The third-order valence-corrected chi connectivity index (χ3v) is 4.47. The van der Waals surface area contributed by atoms with Gasteiger partial charge in [0.1, 0.15) is 0 Å². The topological polar surface area (TPSA) is 26.3 Å². The SMILES string of the molecule is C\C=C(Cl)/C=C(\C=C(/C)CC)c1cccc2ccc(C(=O)OC)cc12. The highest BCUT2D eigenvalue weighted by Crippen LogP contribution is 2.30. The van der Waals surface area contributed by atoms with E-state index < -0.39 is 0 Å². The average molecular weight is 355 g/mol. The first-order valence-electron chi connectivity index (χ1n) is 8.32. The highest BCUT2D eigenvalue weighted by molar-refractivity contribution is 6.31. The molecule has 0 aliphatic rings. The fraction of sp³-hybridized carbons (Fsp3) is 0.227. The Kier molecular flexibility index (Phi) is 6.60.